The van der Waals surface area contributed by atoms with Crippen molar-refractivity contribution in [1.82, 2.24) is 29.2 Å². The largest absolute Gasteiger partial charge is 0.345 e. The van der Waals surface area contributed by atoms with E-state index in [1.165, 1.54) is 0 Å². The summed E-state index contributed by atoms with van der Waals surface area (Å²) in [5.41, 5.74) is 9.99. The fourth-order valence-electron chi connectivity index (χ4n) is 3.30. The molecule has 30 heavy (non-hydrogen) atoms. The highest BCUT2D eigenvalue weighted by atomic mass is 35.5. The van der Waals surface area contributed by atoms with Crippen LogP contribution in [0.4, 0.5) is 0 Å². The van der Waals surface area contributed by atoms with Crippen LogP contribution in [0.1, 0.15) is 27.4 Å². The molecule has 10 heteroatoms. The van der Waals surface area contributed by atoms with Crippen LogP contribution in [-0.2, 0) is 20.1 Å². The van der Waals surface area contributed by atoms with Crippen LogP contribution in [0.2, 0.25) is 10.0 Å². The van der Waals surface area contributed by atoms with Crippen LogP contribution in [0.5, 0.6) is 0 Å². The van der Waals surface area contributed by atoms with E-state index in [9.17, 15) is 4.79 Å². The summed E-state index contributed by atoms with van der Waals surface area (Å²) in [6.45, 7) is 2.40. The van der Waals surface area contributed by atoms with Gasteiger partial charge in [-0.1, -0.05) is 23.2 Å². The minimum absolute atomic E-state index is 0.235. The van der Waals surface area contributed by atoms with Gasteiger partial charge in [0.2, 0.25) is 5.78 Å². The van der Waals surface area contributed by atoms with Crippen molar-refractivity contribution in [2.45, 2.75) is 20.0 Å². The Morgan fingerprint density at radius 1 is 1.23 bits per heavy atom. The van der Waals surface area contributed by atoms with E-state index in [1.54, 1.807) is 29.1 Å². The molecule has 0 bridgehead atoms. The second-order valence-corrected chi connectivity index (χ2v) is 7.71. The van der Waals surface area contributed by atoms with Crippen molar-refractivity contribution in [2.75, 3.05) is 0 Å². The minimum atomic E-state index is -0.328. The molecule has 1 aromatic carbocycles. The molecule has 0 radical (unpaired) electrons. The van der Waals surface area contributed by atoms with Crippen molar-refractivity contribution in [3.8, 4) is 11.3 Å². The van der Waals surface area contributed by atoms with Crippen LogP contribution in [0.15, 0.2) is 36.9 Å². The number of carbonyl (C=O) groups excluding carboxylic acids is 1. The Morgan fingerprint density at radius 3 is 2.70 bits per heavy atom. The van der Waals surface area contributed by atoms with Gasteiger partial charge in [-0.3, -0.25) is 9.20 Å². The van der Waals surface area contributed by atoms with Gasteiger partial charge in [0.15, 0.2) is 0 Å². The molecule has 154 valence electrons. The molecule has 0 saturated heterocycles. The summed E-state index contributed by atoms with van der Waals surface area (Å²) in [6, 6.07) is 5.23. The lowest BCUT2D eigenvalue weighted by atomic mass is 10.0. The third kappa shape index (κ3) is 3.77. The Hall–Kier alpha value is -2.94. The van der Waals surface area contributed by atoms with Crippen molar-refractivity contribution in [2.24, 2.45) is 12.8 Å². The van der Waals surface area contributed by atoms with Gasteiger partial charge in [0.05, 0.1) is 29.3 Å². The number of imidazole rings is 2. The molecular formula is C20H19Cl2N7O. The smallest absolute Gasteiger partial charge is 0.271 e. The van der Waals surface area contributed by atoms with E-state index >= 15 is 0 Å². The van der Waals surface area contributed by atoms with Crippen molar-refractivity contribution in [3.05, 3.63) is 69.6 Å². The second-order valence-electron chi connectivity index (χ2n) is 6.86. The number of fused-ring (bicyclic) bond motifs is 1. The van der Waals surface area contributed by atoms with E-state index in [0.717, 1.165) is 28.2 Å². The first-order chi connectivity index (χ1) is 14.4. The minimum Gasteiger partial charge on any atom is -0.345 e. The molecule has 1 amide bonds. The van der Waals surface area contributed by atoms with E-state index in [2.05, 4.69) is 20.3 Å². The van der Waals surface area contributed by atoms with E-state index in [4.69, 9.17) is 28.9 Å². The van der Waals surface area contributed by atoms with Gasteiger partial charge in [0, 0.05) is 47.8 Å². The van der Waals surface area contributed by atoms with E-state index < -0.39 is 0 Å². The number of benzene rings is 1. The Morgan fingerprint density at radius 2 is 2.03 bits per heavy atom. The molecule has 4 rings (SSSR count). The number of aryl methyl sites for hydroxylation is 2. The molecule has 0 saturated carbocycles. The first-order valence-corrected chi connectivity index (χ1v) is 9.92. The van der Waals surface area contributed by atoms with Gasteiger partial charge >= 0.3 is 0 Å². The Balaban J connectivity index is 1.77. The number of halogens is 2. The molecule has 3 N–H and O–H groups in total. The zero-order valence-electron chi connectivity index (χ0n) is 16.4. The van der Waals surface area contributed by atoms with Gasteiger partial charge in [-0.25, -0.2) is 15.0 Å². The molecule has 0 aliphatic carbocycles. The number of nitrogens with zero attached hydrogens (tertiary/aromatic N) is 5. The van der Waals surface area contributed by atoms with Gasteiger partial charge in [0.25, 0.3) is 5.91 Å². The fraction of sp³-hybridized carbons (Fsp3) is 0.200. The topological polar surface area (TPSA) is 103 Å². The number of nitrogens with two attached hydrogens (primary N) is 1. The zero-order chi connectivity index (χ0) is 21.4. The average molecular weight is 444 g/mol. The number of nitrogens with one attached hydrogen (secondary N) is 1. The predicted octanol–water partition coefficient (Wildman–Crippen LogP) is 3.13. The SMILES string of the molecule is Cc1nc2nc(C(=O)NCc3cn(C)cn3)cn2c(-c2ccc(Cl)cc2Cl)c1CN. The zero-order valence-corrected chi connectivity index (χ0v) is 17.9. The number of carbonyl (C=O) groups is 1. The third-order valence-electron chi connectivity index (χ3n) is 4.73. The average Bonchev–Trinajstić information content (AvgIpc) is 3.31. The van der Waals surface area contributed by atoms with Crippen LogP contribution in [0, 0.1) is 6.92 Å². The molecule has 0 aliphatic rings. The number of rotatable bonds is 5. The quantitative estimate of drug-likeness (QED) is 0.492. The molecule has 0 fully saturated rings. The molecule has 0 aliphatic heterocycles. The highest BCUT2D eigenvalue weighted by Crippen LogP contribution is 2.34. The molecule has 4 aromatic rings. The molecule has 3 heterocycles. The first kappa shape index (κ1) is 20.3. The van der Waals surface area contributed by atoms with Gasteiger partial charge in [-0.2, -0.15) is 0 Å². The van der Waals surface area contributed by atoms with Crippen LogP contribution < -0.4 is 11.1 Å². The summed E-state index contributed by atoms with van der Waals surface area (Å²) in [4.78, 5) is 25.8. The number of hydrogen-bond donors (Lipinski definition) is 2. The Kier molecular flexibility index (Phi) is 5.46. The number of aromatic nitrogens is 5. The van der Waals surface area contributed by atoms with E-state index in [0.29, 0.717) is 22.4 Å². The molecular weight excluding hydrogens is 425 g/mol. The molecule has 0 unspecified atom stereocenters. The monoisotopic (exact) mass is 443 g/mol. The highest BCUT2D eigenvalue weighted by Gasteiger charge is 2.20. The lowest BCUT2D eigenvalue weighted by Crippen LogP contribution is -2.23. The highest BCUT2D eigenvalue weighted by molar-refractivity contribution is 6.36. The van der Waals surface area contributed by atoms with Gasteiger partial charge < -0.3 is 15.6 Å². The number of amides is 1. The van der Waals surface area contributed by atoms with Crippen LogP contribution >= 0.6 is 23.2 Å². The maximum absolute atomic E-state index is 12.7. The van der Waals surface area contributed by atoms with Gasteiger partial charge in [-0.15, -0.1) is 0 Å². The van der Waals surface area contributed by atoms with Crippen LogP contribution in [0.25, 0.3) is 17.0 Å². The molecule has 3 aromatic heterocycles. The van der Waals surface area contributed by atoms with Crippen molar-refractivity contribution < 1.29 is 4.79 Å². The summed E-state index contributed by atoms with van der Waals surface area (Å²) < 4.78 is 3.55. The predicted molar refractivity (Wildman–Crippen MR) is 115 cm³/mol. The van der Waals surface area contributed by atoms with Crippen LogP contribution in [-0.4, -0.2) is 29.8 Å². The van der Waals surface area contributed by atoms with Crippen molar-refractivity contribution in [3.63, 3.8) is 0 Å². The maximum Gasteiger partial charge on any atom is 0.271 e. The molecule has 0 spiro atoms. The van der Waals surface area contributed by atoms with E-state index in [-0.39, 0.29) is 18.1 Å². The summed E-state index contributed by atoms with van der Waals surface area (Å²) in [5, 5.41) is 3.82. The summed E-state index contributed by atoms with van der Waals surface area (Å²) in [7, 11) is 1.87. The summed E-state index contributed by atoms with van der Waals surface area (Å²) in [5.74, 6) is 0.0555. The van der Waals surface area contributed by atoms with Gasteiger partial charge in [0.1, 0.15) is 5.69 Å². The molecule has 0 atom stereocenters. The van der Waals surface area contributed by atoms with Gasteiger partial charge in [-0.05, 0) is 25.1 Å². The Labute approximate surface area is 182 Å². The first-order valence-electron chi connectivity index (χ1n) is 9.16. The standard InChI is InChI=1S/C20H19Cl2N7O/c1-11-15(6-23)18(14-4-3-12(21)5-16(14)22)29-9-17(27-20(29)26-11)19(30)24-7-13-8-28(2)10-25-13/h3-5,8-10H,6-7,23H2,1-2H3,(H,24,30). The Bertz CT molecular complexity index is 1260. The molecule has 8 nitrogen and oxygen atoms in total. The summed E-state index contributed by atoms with van der Waals surface area (Å²) >= 11 is 12.5. The lowest BCUT2D eigenvalue weighted by Gasteiger charge is -2.14. The third-order valence-corrected chi connectivity index (χ3v) is 5.28. The van der Waals surface area contributed by atoms with Crippen molar-refractivity contribution >= 4 is 34.9 Å². The summed E-state index contributed by atoms with van der Waals surface area (Å²) in [6.07, 6.45) is 5.15. The van der Waals surface area contributed by atoms with E-state index in [1.807, 2.05) is 30.8 Å². The number of hydrogen-bond acceptors (Lipinski definition) is 5. The lowest BCUT2D eigenvalue weighted by molar-refractivity contribution is 0.0946. The van der Waals surface area contributed by atoms with Crippen molar-refractivity contribution in [1.29, 1.82) is 0 Å². The maximum atomic E-state index is 12.7. The second kappa shape index (κ2) is 8.06. The normalized spacial score (nSPS) is 11.2. The van der Waals surface area contributed by atoms with Crippen LogP contribution in [0.3, 0.4) is 0 Å². The fourth-order valence-corrected chi connectivity index (χ4v) is 3.79.